The molecule has 0 saturated carbocycles. The van der Waals surface area contributed by atoms with Gasteiger partial charge >= 0.3 is 0 Å². The van der Waals surface area contributed by atoms with Crippen molar-refractivity contribution >= 4 is 15.9 Å². The smallest absolute Gasteiger partial charge is 0.137 e. The highest BCUT2D eigenvalue weighted by molar-refractivity contribution is 9.10. The Morgan fingerprint density at radius 1 is 1.55 bits per heavy atom. The van der Waals surface area contributed by atoms with Crippen molar-refractivity contribution in [2.75, 3.05) is 19.6 Å². The molecule has 0 amide bonds. The molecule has 2 unspecified atom stereocenters. The van der Waals surface area contributed by atoms with E-state index in [9.17, 15) is 4.39 Å². The molecule has 112 valence electrons. The summed E-state index contributed by atoms with van der Waals surface area (Å²) in [5.41, 5.74) is 6.65. The van der Waals surface area contributed by atoms with Crippen LogP contribution in [0.2, 0.25) is 0 Å². The third-order valence-electron chi connectivity index (χ3n) is 3.59. The summed E-state index contributed by atoms with van der Waals surface area (Å²) in [5.74, 6) is -0.249. The monoisotopic (exact) mass is 344 g/mol. The van der Waals surface area contributed by atoms with Crippen LogP contribution < -0.4 is 5.73 Å². The predicted molar refractivity (Wildman–Crippen MR) is 82.1 cm³/mol. The second kappa shape index (κ2) is 6.10. The maximum atomic E-state index is 13.7. The molecule has 5 heteroatoms. The molecular weight excluding hydrogens is 323 g/mol. The Morgan fingerprint density at radius 2 is 2.25 bits per heavy atom. The maximum Gasteiger partial charge on any atom is 0.137 e. The molecule has 20 heavy (non-hydrogen) atoms. The van der Waals surface area contributed by atoms with Gasteiger partial charge in [0.25, 0.3) is 0 Å². The fraction of sp³-hybridized carbons (Fsp3) is 0.600. The lowest BCUT2D eigenvalue weighted by Crippen LogP contribution is -2.53. The van der Waals surface area contributed by atoms with Gasteiger partial charge in [0.05, 0.1) is 16.2 Å². The average Bonchev–Trinajstić information content (AvgIpc) is 2.32. The van der Waals surface area contributed by atoms with Crippen LogP contribution in [0, 0.1) is 5.82 Å². The quantitative estimate of drug-likeness (QED) is 0.915. The average molecular weight is 345 g/mol. The van der Waals surface area contributed by atoms with Gasteiger partial charge in [-0.25, -0.2) is 4.39 Å². The predicted octanol–water partition coefficient (Wildman–Crippen LogP) is 3.09. The lowest BCUT2D eigenvalue weighted by Gasteiger charge is -2.45. The van der Waals surface area contributed by atoms with E-state index < -0.39 is 0 Å². The van der Waals surface area contributed by atoms with Gasteiger partial charge in [0.2, 0.25) is 0 Å². The van der Waals surface area contributed by atoms with Crippen molar-refractivity contribution in [2.24, 2.45) is 5.73 Å². The summed E-state index contributed by atoms with van der Waals surface area (Å²) in [6.07, 6.45) is 0.146. The van der Waals surface area contributed by atoms with Gasteiger partial charge < -0.3 is 10.5 Å². The number of morpholine rings is 1. The van der Waals surface area contributed by atoms with Gasteiger partial charge in [-0.15, -0.1) is 0 Å². The van der Waals surface area contributed by atoms with Crippen LogP contribution in [-0.4, -0.2) is 36.2 Å². The molecule has 1 aromatic carbocycles. The molecule has 0 aromatic heterocycles. The van der Waals surface area contributed by atoms with Gasteiger partial charge in [-0.3, -0.25) is 4.90 Å². The number of rotatable bonds is 3. The number of ether oxygens (including phenoxy) is 1. The lowest BCUT2D eigenvalue weighted by atomic mass is 9.99. The topological polar surface area (TPSA) is 38.5 Å². The number of hydrogen-bond donors (Lipinski definition) is 1. The van der Waals surface area contributed by atoms with Crippen molar-refractivity contribution in [3.05, 3.63) is 34.1 Å². The SMILES string of the molecule is CC1CN(C(CN)c2ccc(Br)c(F)c2)CC(C)(C)O1. The van der Waals surface area contributed by atoms with E-state index in [1.807, 2.05) is 6.07 Å². The first-order valence-electron chi connectivity index (χ1n) is 6.89. The molecule has 1 aromatic rings. The summed E-state index contributed by atoms with van der Waals surface area (Å²) in [5, 5.41) is 0. The summed E-state index contributed by atoms with van der Waals surface area (Å²) >= 11 is 3.18. The summed E-state index contributed by atoms with van der Waals surface area (Å²) in [7, 11) is 0. The fourth-order valence-corrected chi connectivity index (χ4v) is 3.20. The number of halogens is 2. The second-order valence-corrected chi connectivity index (χ2v) is 6.90. The van der Waals surface area contributed by atoms with Crippen LogP contribution in [0.1, 0.15) is 32.4 Å². The standard InChI is InChI=1S/C15H22BrFN2O/c1-10-8-19(9-15(2,3)20-10)14(7-18)11-4-5-12(16)13(17)6-11/h4-6,10,14H,7-9,18H2,1-3H3. The Kier molecular flexibility index (Phi) is 4.84. The van der Waals surface area contributed by atoms with Crippen molar-refractivity contribution in [1.82, 2.24) is 4.90 Å². The third kappa shape index (κ3) is 3.58. The van der Waals surface area contributed by atoms with E-state index in [-0.39, 0.29) is 23.6 Å². The van der Waals surface area contributed by atoms with Crippen LogP contribution in [0.3, 0.4) is 0 Å². The fourth-order valence-electron chi connectivity index (χ4n) is 2.96. The van der Waals surface area contributed by atoms with E-state index in [0.29, 0.717) is 11.0 Å². The molecule has 0 bridgehead atoms. The molecule has 2 N–H and O–H groups in total. The molecule has 1 fully saturated rings. The number of nitrogens with two attached hydrogens (primary N) is 1. The van der Waals surface area contributed by atoms with Crippen LogP contribution in [-0.2, 0) is 4.74 Å². The van der Waals surface area contributed by atoms with Gasteiger partial charge in [-0.1, -0.05) is 6.07 Å². The first kappa shape index (κ1) is 15.9. The molecule has 1 saturated heterocycles. The summed E-state index contributed by atoms with van der Waals surface area (Å²) < 4.78 is 20.1. The van der Waals surface area contributed by atoms with Crippen molar-refractivity contribution in [2.45, 2.75) is 38.5 Å². The molecule has 0 radical (unpaired) electrons. The minimum atomic E-state index is -0.249. The molecule has 2 rings (SSSR count). The van der Waals surface area contributed by atoms with Gasteiger partial charge in [0, 0.05) is 25.7 Å². The Morgan fingerprint density at radius 3 is 2.80 bits per heavy atom. The van der Waals surface area contributed by atoms with Crippen molar-refractivity contribution < 1.29 is 9.13 Å². The molecule has 2 atom stereocenters. The van der Waals surface area contributed by atoms with Crippen LogP contribution in [0.15, 0.2) is 22.7 Å². The highest BCUT2D eigenvalue weighted by Gasteiger charge is 2.34. The van der Waals surface area contributed by atoms with Crippen molar-refractivity contribution in [1.29, 1.82) is 0 Å². The molecule has 1 aliphatic heterocycles. The molecular formula is C15H22BrFN2O. The zero-order chi connectivity index (χ0) is 14.9. The summed E-state index contributed by atoms with van der Waals surface area (Å²) in [6.45, 7) is 8.27. The maximum absolute atomic E-state index is 13.7. The summed E-state index contributed by atoms with van der Waals surface area (Å²) in [6, 6.07) is 5.25. The van der Waals surface area contributed by atoms with Crippen molar-refractivity contribution in [3.8, 4) is 0 Å². The van der Waals surface area contributed by atoms with Gasteiger partial charge in [0.15, 0.2) is 0 Å². The number of nitrogens with zero attached hydrogens (tertiary/aromatic N) is 1. The minimum absolute atomic E-state index is 0.0169. The first-order chi connectivity index (χ1) is 9.32. The van der Waals surface area contributed by atoms with E-state index in [1.54, 1.807) is 12.1 Å². The third-order valence-corrected chi connectivity index (χ3v) is 4.23. The highest BCUT2D eigenvalue weighted by Crippen LogP contribution is 2.30. The van der Waals surface area contributed by atoms with Crippen molar-refractivity contribution in [3.63, 3.8) is 0 Å². The van der Waals surface area contributed by atoms with E-state index in [1.165, 1.54) is 0 Å². The molecule has 0 spiro atoms. The van der Waals surface area contributed by atoms with E-state index in [4.69, 9.17) is 10.5 Å². The first-order valence-corrected chi connectivity index (χ1v) is 7.68. The lowest BCUT2D eigenvalue weighted by molar-refractivity contribution is -0.137. The highest BCUT2D eigenvalue weighted by atomic mass is 79.9. The normalized spacial score (nSPS) is 24.6. The zero-order valence-electron chi connectivity index (χ0n) is 12.2. The Labute approximate surface area is 128 Å². The second-order valence-electron chi connectivity index (χ2n) is 6.04. The van der Waals surface area contributed by atoms with E-state index in [2.05, 4.69) is 41.6 Å². The zero-order valence-corrected chi connectivity index (χ0v) is 13.8. The number of benzene rings is 1. The number of hydrogen-bond acceptors (Lipinski definition) is 3. The van der Waals surface area contributed by atoms with E-state index >= 15 is 0 Å². The Balaban J connectivity index is 2.25. The molecule has 1 aliphatic rings. The molecule has 0 aliphatic carbocycles. The van der Waals surface area contributed by atoms with E-state index in [0.717, 1.165) is 18.7 Å². The Bertz CT molecular complexity index is 481. The van der Waals surface area contributed by atoms with Crippen LogP contribution >= 0.6 is 15.9 Å². The van der Waals surface area contributed by atoms with Crippen LogP contribution in [0.5, 0.6) is 0 Å². The van der Waals surface area contributed by atoms with Gasteiger partial charge in [-0.2, -0.15) is 0 Å². The van der Waals surface area contributed by atoms with Gasteiger partial charge in [0.1, 0.15) is 5.82 Å². The molecule has 3 nitrogen and oxygen atoms in total. The van der Waals surface area contributed by atoms with Gasteiger partial charge in [-0.05, 0) is 54.4 Å². The largest absolute Gasteiger partial charge is 0.370 e. The van der Waals surface area contributed by atoms with Crippen LogP contribution in [0.4, 0.5) is 4.39 Å². The molecule has 1 heterocycles. The van der Waals surface area contributed by atoms with Crippen LogP contribution in [0.25, 0.3) is 0 Å². The summed E-state index contributed by atoms with van der Waals surface area (Å²) in [4.78, 5) is 2.29. The Hall–Kier alpha value is -0.490. The minimum Gasteiger partial charge on any atom is -0.370 e.